The highest BCUT2D eigenvalue weighted by atomic mass is 16.6. The molecule has 0 aromatic rings. The molecule has 0 aliphatic rings. The van der Waals surface area contributed by atoms with Gasteiger partial charge in [0.2, 0.25) is 0 Å². The van der Waals surface area contributed by atoms with Gasteiger partial charge in [0, 0.05) is 12.2 Å². The third-order valence-corrected chi connectivity index (χ3v) is 2.23. The number of carbonyl (C=O) groups is 2. The molecule has 4 heteroatoms. The Hall–Kier alpha value is -1.58. The standard InChI is InChI=1S/C11H16O4/c1-4-11(5-2,6-3)15-10(14)8-7-9(12)13/h4,7-8H,1,5-6H2,2-3H3,(H,12,13)/b8-7-. The molecule has 0 fully saturated rings. The molecule has 0 unspecified atom stereocenters. The summed E-state index contributed by atoms with van der Waals surface area (Å²) in [5, 5.41) is 8.32. The maximum Gasteiger partial charge on any atom is 0.331 e. The lowest BCUT2D eigenvalue weighted by atomic mass is 9.97. The zero-order valence-corrected chi connectivity index (χ0v) is 9.03. The van der Waals surface area contributed by atoms with Crippen molar-refractivity contribution in [1.29, 1.82) is 0 Å². The first-order valence-electron chi connectivity index (χ1n) is 4.77. The van der Waals surface area contributed by atoms with Gasteiger partial charge in [-0.2, -0.15) is 0 Å². The molecular formula is C11H16O4. The minimum absolute atomic E-state index is 0.611. The quantitative estimate of drug-likeness (QED) is 0.415. The summed E-state index contributed by atoms with van der Waals surface area (Å²) in [5.41, 5.74) is -0.695. The van der Waals surface area contributed by atoms with E-state index in [0.29, 0.717) is 12.8 Å². The van der Waals surface area contributed by atoms with Crippen molar-refractivity contribution in [3.63, 3.8) is 0 Å². The van der Waals surface area contributed by atoms with Crippen molar-refractivity contribution in [2.75, 3.05) is 0 Å². The number of rotatable bonds is 6. The molecule has 0 aliphatic heterocycles. The van der Waals surface area contributed by atoms with Crippen LogP contribution >= 0.6 is 0 Å². The normalized spacial score (nSPS) is 11.3. The molecular weight excluding hydrogens is 196 g/mol. The number of esters is 1. The van der Waals surface area contributed by atoms with E-state index in [0.717, 1.165) is 12.2 Å². The summed E-state index contributed by atoms with van der Waals surface area (Å²) in [6.07, 6.45) is 4.44. The zero-order valence-electron chi connectivity index (χ0n) is 9.03. The second-order valence-corrected chi connectivity index (χ2v) is 3.07. The number of hydrogen-bond donors (Lipinski definition) is 1. The average molecular weight is 212 g/mol. The van der Waals surface area contributed by atoms with Crippen LogP contribution in [0.5, 0.6) is 0 Å². The van der Waals surface area contributed by atoms with E-state index >= 15 is 0 Å². The Bertz CT molecular complexity index is 274. The molecule has 84 valence electrons. The van der Waals surface area contributed by atoms with Crippen LogP contribution in [0.25, 0.3) is 0 Å². The van der Waals surface area contributed by atoms with Crippen LogP contribution < -0.4 is 0 Å². The smallest absolute Gasteiger partial charge is 0.331 e. The molecule has 0 bridgehead atoms. The van der Waals surface area contributed by atoms with Gasteiger partial charge in [-0.15, -0.1) is 0 Å². The number of carboxylic acid groups (broad SMARTS) is 1. The Morgan fingerprint density at radius 1 is 1.33 bits per heavy atom. The summed E-state index contributed by atoms with van der Waals surface area (Å²) in [6.45, 7) is 7.35. The van der Waals surface area contributed by atoms with Gasteiger partial charge in [-0.1, -0.05) is 20.4 Å². The number of carboxylic acids is 1. The van der Waals surface area contributed by atoms with E-state index in [4.69, 9.17) is 9.84 Å². The highest BCUT2D eigenvalue weighted by molar-refractivity contribution is 5.90. The second kappa shape index (κ2) is 6.01. The van der Waals surface area contributed by atoms with Crippen molar-refractivity contribution in [3.8, 4) is 0 Å². The van der Waals surface area contributed by atoms with E-state index in [2.05, 4.69) is 6.58 Å². The fraction of sp³-hybridized carbons (Fsp3) is 0.455. The number of ether oxygens (including phenoxy) is 1. The summed E-state index contributed by atoms with van der Waals surface area (Å²) in [7, 11) is 0. The van der Waals surface area contributed by atoms with Crippen LogP contribution in [0.1, 0.15) is 26.7 Å². The first-order valence-corrected chi connectivity index (χ1v) is 4.77. The van der Waals surface area contributed by atoms with Gasteiger partial charge in [-0.25, -0.2) is 9.59 Å². The SMILES string of the molecule is C=CC(CC)(CC)OC(=O)/C=C\C(=O)O. The minimum atomic E-state index is -1.18. The van der Waals surface area contributed by atoms with E-state index in [9.17, 15) is 9.59 Å². The molecule has 0 aliphatic carbocycles. The number of aliphatic carboxylic acids is 1. The fourth-order valence-corrected chi connectivity index (χ4v) is 1.10. The van der Waals surface area contributed by atoms with Gasteiger partial charge in [0.1, 0.15) is 5.60 Å². The second-order valence-electron chi connectivity index (χ2n) is 3.07. The average Bonchev–Trinajstić information content (AvgIpc) is 2.23. The molecule has 0 aromatic heterocycles. The molecule has 0 saturated carbocycles. The van der Waals surface area contributed by atoms with Crippen LogP contribution in [0.2, 0.25) is 0 Å². The van der Waals surface area contributed by atoms with Crippen molar-refractivity contribution in [2.24, 2.45) is 0 Å². The summed E-state index contributed by atoms with van der Waals surface area (Å²) in [4.78, 5) is 21.4. The van der Waals surface area contributed by atoms with E-state index in [1.165, 1.54) is 0 Å². The Labute approximate surface area is 89.2 Å². The lowest BCUT2D eigenvalue weighted by Crippen LogP contribution is -2.30. The molecule has 0 saturated heterocycles. The van der Waals surface area contributed by atoms with Gasteiger partial charge in [0.15, 0.2) is 0 Å². The van der Waals surface area contributed by atoms with Gasteiger partial charge in [0.05, 0.1) is 0 Å². The molecule has 0 radical (unpaired) electrons. The van der Waals surface area contributed by atoms with Crippen LogP contribution in [-0.2, 0) is 14.3 Å². The van der Waals surface area contributed by atoms with Crippen LogP contribution in [0.3, 0.4) is 0 Å². The molecule has 0 aromatic carbocycles. The third-order valence-electron chi connectivity index (χ3n) is 2.23. The molecule has 0 amide bonds. The summed E-state index contributed by atoms with van der Waals surface area (Å²) in [5.74, 6) is -1.84. The number of carbonyl (C=O) groups excluding carboxylic acids is 1. The highest BCUT2D eigenvalue weighted by Crippen LogP contribution is 2.21. The maximum absolute atomic E-state index is 11.2. The Kier molecular flexibility index (Phi) is 5.37. The Morgan fingerprint density at radius 2 is 1.87 bits per heavy atom. The van der Waals surface area contributed by atoms with E-state index in [-0.39, 0.29) is 0 Å². The van der Waals surface area contributed by atoms with Crippen LogP contribution in [0.15, 0.2) is 24.8 Å². The molecule has 4 nitrogen and oxygen atoms in total. The van der Waals surface area contributed by atoms with Gasteiger partial charge in [-0.3, -0.25) is 0 Å². The van der Waals surface area contributed by atoms with Gasteiger partial charge < -0.3 is 9.84 Å². The maximum atomic E-state index is 11.2. The summed E-state index contributed by atoms with van der Waals surface area (Å²) >= 11 is 0. The number of hydrogen-bond acceptors (Lipinski definition) is 3. The highest BCUT2D eigenvalue weighted by Gasteiger charge is 2.25. The van der Waals surface area contributed by atoms with E-state index in [1.807, 2.05) is 13.8 Å². The van der Waals surface area contributed by atoms with Gasteiger partial charge >= 0.3 is 11.9 Å². The Balaban J connectivity index is 4.49. The van der Waals surface area contributed by atoms with Gasteiger partial charge in [0.25, 0.3) is 0 Å². The Morgan fingerprint density at radius 3 is 2.20 bits per heavy atom. The molecule has 0 heterocycles. The van der Waals surface area contributed by atoms with Crippen LogP contribution in [-0.4, -0.2) is 22.6 Å². The lowest BCUT2D eigenvalue weighted by Gasteiger charge is -2.27. The minimum Gasteiger partial charge on any atom is -0.478 e. The van der Waals surface area contributed by atoms with E-state index in [1.54, 1.807) is 6.08 Å². The third kappa shape index (κ3) is 4.44. The van der Waals surface area contributed by atoms with Crippen LogP contribution in [0.4, 0.5) is 0 Å². The predicted octanol–water partition coefficient (Wildman–Crippen LogP) is 1.92. The van der Waals surface area contributed by atoms with Crippen molar-refractivity contribution in [1.82, 2.24) is 0 Å². The molecule has 15 heavy (non-hydrogen) atoms. The molecule has 0 atom stereocenters. The summed E-state index contributed by atoms with van der Waals surface area (Å²) in [6, 6.07) is 0. The largest absolute Gasteiger partial charge is 0.478 e. The topological polar surface area (TPSA) is 63.6 Å². The van der Waals surface area contributed by atoms with Crippen LogP contribution in [0, 0.1) is 0 Å². The molecule has 0 spiro atoms. The fourth-order valence-electron chi connectivity index (χ4n) is 1.10. The lowest BCUT2D eigenvalue weighted by molar-refractivity contribution is -0.149. The summed E-state index contributed by atoms with van der Waals surface area (Å²) < 4.78 is 5.13. The first kappa shape index (κ1) is 13.4. The predicted molar refractivity (Wildman–Crippen MR) is 56.4 cm³/mol. The van der Waals surface area contributed by atoms with Crippen molar-refractivity contribution in [3.05, 3.63) is 24.8 Å². The monoisotopic (exact) mass is 212 g/mol. The van der Waals surface area contributed by atoms with Crippen molar-refractivity contribution < 1.29 is 19.4 Å². The van der Waals surface area contributed by atoms with E-state index < -0.39 is 17.5 Å². The van der Waals surface area contributed by atoms with Crippen molar-refractivity contribution in [2.45, 2.75) is 32.3 Å². The zero-order chi connectivity index (χ0) is 11.9. The van der Waals surface area contributed by atoms with Gasteiger partial charge in [-0.05, 0) is 18.9 Å². The first-order chi connectivity index (χ1) is 6.99. The van der Waals surface area contributed by atoms with Crippen molar-refractivity contribution >= 4 is 11.9 Å². The molecule has 0 rings (SSSR count). The molecule has 1 N–H and O–H groups in total.